The first-order valence-corrected chi connectivity index (χ1v) is 9.04. The van der Waals surface area contributed by atoms with Crippen LogP contribution < -0.4 is 15.4 Å². The van der Waals surface area contributed by atoms with E-state index in [0.717, 1.165) is 34.9 Å². The van der Waals surface area contributed by atoms with Gasteiger partial charge in [0.15, 0.2) is 0 Å². The van der Waals surface area contributed by atoms with Gasteiger partial charge in [-0.2, -0.15) is 17.4 Å². The van der Waals surface area contributed by atoms with Crippen LogP contribution in [0.15, 0.2) is 24.3 Å². The second kappa shape index (κ2) is 7.29. The van der Waals surface area contributed by atoms with E-state index in [-0.39, 0.29) is 18.4 Å². The van der Waals surface area contributed by atoms with Crippen molar-refractivity contribution in [3.05, 3.63) is 29.8 Å². The Balaban J connectivity index is 1.98. The number of piperidine rings is 1. The summed E-state index contributed by atoms with van der Waals surface area (Å²) in [4.78, 5) is 13.5. The van der Waals surface area contributed by atoms with Crippen molar-refractivity contribution in [1.82, 2.24) is 9.03 Å². The van der Waals surface area contributed by atoms with Gasteiger partial charge in [-0.3, -0.25) is 4.79 Å². The summed E-state index contributed by atoms with van der Waals surface area (Å²) >= 11 is 0. The van der Waals surface area contributed by atoms with Crippen molar-refractivity contribution < 1.29 is 13.2 Å². The first kappa shape index (κ1) is 17.7. The van der Waals surface area contributed by atoms with E-state index in [1.165, 1.54) is 14.1 Å². The fourth-order valence-corrected chi connectivity index (χ4v) is 3.18. The molecule has 1 aliphatic heterocycles. The average molecular weight is 340 g/mol. The Morgan fingerprint density at radius 1 is 1.35 bits per heavy atom. The predicted molar refractivity (Wildman–Crippen MR) is 90.0 cm³/mol. The topological polar surface area (TPSA) is 95.7 Å². The average Bonchev–Trinajstić information content (AvgIpc) is 2.53. The van der Waals surface area contributed by atoms with Crippen molar-refractivity contribution in [1.29, 1.82) is 0 Å². The van der Waals surface area contributed by atoms with E-state index in [1.54, 1.807) is 0 Å². The van der Waals surface area contributed by atoms with Crippen LogP contribution in [0.1, 0.15) is 18.4 Å². The Hall–Kier alpha value is -1.64. The third-order valence-corrected chi connectivity index (χ3v) is 5.54. The molecule has 1 aliphatic rings. The molecule has 0 unspecified atom stereocenters. The number of carbonyl (C=O) groups is 1. The third kappa shape index (κ3) is 4.66. The fourth-order valence-electron chi connectivity index (χ4n) is 2.57. The fraction of sp³-hybridized carbons (Fsp3) is 0.533. The molecule has 1 aromatic carbocycles. The first-order chi connectivity index (χ1) is 10.8. The quantitative estimate of drug-likeness (QED) is 0.778. The summed E-state index contributed by atoms with van der Waals surface area (Å²) < 4.78 is 27.0. The number of primary amides is 1. The van der Waals surface area contributed by atoms with E-state index < -0.39 is 10.2 Å². The minimum absolute atomic E-state index is 0.102. The van der Waals surface area contributed by atoms with E-state index in [0.29, 0.717) is 6.54 Å². The largest absolute Gasteiger partial charge is 0.371 e. The van der Waals surface area contributed by atoms with Crippen LogP contribution >= 0.6 is 0 Å². The van der Waals surface area contributed by atoms with Gasteiger partial charge in [-0.15, -0.1) is 0 Å². The highest BCUT2D eigenvalue weighted by molar-refractivity contribution is 7.87. The second-order valence-corrected chi connectivity index (χ2v) is 7.93. The molecule has 23 heavy (non-hydrogen) atoms. The van der Waals surface area contributed by atoms with E-state index in [4.69, 9.17) is 5.73 Å². The molecular weight excluding hydrogens is 316 g/mol. The predicted octanol–water partition coefficient (Wildman–Crippen LogP) is 0.284. The summed E-state index contributed by atoms with van der Waals surface area (Å²) in [5.74, 6) is -0.347. The number of benzene rings is 1. The zero-order chi connectivity index (χ0) is 17.0. The summed E-state index contributed by atoms with van der Waals surface area (Å²) in [6.07, 6.45) is 1.79. The van der Waals surface area contributed by atoms with Crippen LogP contribution in [-0.2, 0) is 21.5 Å². The standard InChI is InChI=1S/C15H24N4O3S/c1-18(2)23(21,22)17-10-12-5-7-14(8-6-12)19-9-3-4-13(11-19)15(16)20/h5-8,13,17H,3-4,9-11H2,1-2H3,(H2,16,20)/t13-/m0/s1. The number of nitrogens with two attached hydrogens (primary N) is 1. The molecular formula is C15H24N4O3S. The monoisotopic (exact) mass is 340 g/mol. The maximum atomic E-state index is 11.7. The van der Waals surface area contributed by atoms with Crippen LogP contribution in [0.25, 0.3) is 0 Å². The molecule has 1 fully saturated rings. The summed E-state index contributed by atoms with van der Waals surface area (Å²) in [7, 11) is -0.456. The molecule has 2 rings (SSSR count). The normalized spacial score (nSPS) is 19.1. The van der Waals surface area contributed by atoms with Crippen LogP contribution in [-0.4, -0.2) is 45.8 Å². The zero-order valence-electron chi connectivity index (χ0n) is 13.5. The van der Waals surface area contributed by atoms with Gasteiger partial charge in [0.2, 0.25) is 5.91 Å². The molecule has 0 bridgehead atoms. The van der Waals surface area contributed by atoms with Crippen molar-refractivity contribution in [2.45, 2.75) is 19.4 Å². The maximum absolute atomic E-state index is 11.7. The van der Waals surface area contributed by atoms with E-state index in [9.17, 15) is 13.2 Å². The molecule has 0 spiro atoms. The molecule has 7 nitrogen and oxygen atoms in total. The van der Waals surface area contributed by atoms with Crippen LogP contribution in [0.5, 0.6) is 0 Å². The van der Waals surface area contributed by atoms with Gasteiger partial charge in [0.1, 0.15) is 0 Å². The number of hydrogen-bond donors (Lipinski definition) is 2. The van der Waals surface area contributed by atoms with Gasteiger partial charge >= 0.3 is 0 Å². The minimum atomic E-state index is -3.42. The van der Waals surface area contributed by atoms with Crippen molar-refractivity contribution in [3.8, 4) is 0 Å². The molecule has 8 heteroatoms. The highest BCUT2D eigenvalue weighted by Crippen LogP contribution is 2.23. The zero-order valence-corrected chi connectivity index (χ0v) is 14.3. The van der Waals surface area contributed by atoms with Gasteiger partial charge in [-0.25, -0.2) is 0 Å². The SMILES string of the molecule is CN(C)S(=O)(=O)NCc1ccc(N2CCC[C@H](C(N)=O)C2)cc1. The van der Waals surface area contributed by atoms with Crippen molar-refractivity contribution in [2.24, 2.45) is 11.7 Å². The Labute approximate surface area is 137 Å². The molecule has 1 saturated heterocycles. The molecule has 128 valence electrons. The van der Waals surface area contributed by atoms with Gasteiger partial charge < -0.3 is 10.6 Å². The summed E-state index contributed by atoms with van der Waals surface area (Å²) in [5, 5.41) is 0. The number of amides is 1. The summed E-state index contributed by atoms with van der Waals surface area (Å²) in [6.45, 7) is 1.78. The number of anilines is 1. The van der Waals surface area contributed by atoms with Crippen LogP contribution in [0.2, 0.25) is 0 Å². The molecule has 0 aromatic heterocycles. The molecule has 1 amide bonds. The molecule has 0 saturated carbocycles. The third-order valence-electron chi connectivity index (χ3n) is 4.06. The van der Waals surface area contributed by atoms with Crippen LogP contribution in [0.4, 0.5) is 5.69 Å². The van der Waals surface area contributed by atoms with Gasteiger partial charge in [0, 0.05) is 39.4 Å². The summed E-state index contributed by atoms with van der Waals surface area (Å²) in [5.41, 5.74) is 7.30. The number of nitrogens with zero attached hydrogens (tertiary/aromatic N) is 2. The Morgan fingerprint density at radius 2 is 2.00 bits per heavy atom. The molecule has 0 aliphatic carbocycles. The van der Waals surface area contributed by atoms with Crippen molar-refractivity contribution in [2.75, 3.05) is 32.1 Å². The van der Waals surface area contributed by atoms with Gasteiger partial charge in [-0.1, -0.05) is 12.1 Å². The minimum Gasteiger partial charge on any atom is -0.371 e. The molecule has 1 heterocycles. The van der Waals surface area contributed by atoms with Gasteiger partial charge in [0.05, 0.1) is 5.92 Å². The lowest BCUT2D eigenvalue weighted by atomic mass is 9.97. The van der Waals surface area contributed by atoms with E-state index in [1.807, 2.05) is 24.3 Å². The highest BCUT2D eigenvalue weighted by Gasteiger charge is 2.24. The van der Waals surface area contributed by atoms with Crippen molar-refractivity contribution >= 4 is 21.8 Å². The second-order valence-electron chi connectivity index (χ2n) is 5.96. The molecule has 1 atom stereocenters. The Morgan fingerprint density at radius 3 is 2.57 bits per heavy atom. The van der Waals surface area contributed by atoms with Crippen molar-refractivity contribution in [3.63, 3.8) is 0 Å². The Kier molecular flexibility index (Phi) is 5.61. The smallest absolute Gasteiger partial charge is 0.279 e. The molecule has 1 aromatic rings. The first-order valence-electron chi connectivity index (χ1n) is 7.60. The Bertz CT molecular complexity index is 643. The van der Waals surface area contributed by atoms with Gasteiger partial charge in [-0.05, 0) is 30.5 Å². The van der Waals surface area contributed by atoms with Gasteiger partial charge in [0.25, 0.3) is 10.2 Å². The highest BCUT2D eigenvalue weighted by atomic mass is 32.2. The molecule has 0 radical (unpaired) electrons. The lowest BCUT2D eigenvalue weighted by Gasteiger charge is -2.33. The number of rotatable bonds is 6. The molecule has 3 N–H and O–H groups in total. The summed E-state index contributed by atoms with van der Waals surface area (Å²) in [6, 6.07) is 7.67. The number of nitrogens with one attached hydrogen (secondary N) is 1. The maximum Gasteiger partial charge on any atom is 0.279 e. The van der Waals surface area contributed by atoms with E-state index in [2.05, 4.69) is 9.62 Å². The number of carbonyl (C=O) groups excluding carboxylic acids is 1. The lowest BCUT2D eigenvalue weighted by molar-refractivity contribution is -0.122. The lowest BCUT2D eigenvalue weighted by Crippen LogP contribution is -2.41. The van der Waals surface area contributed by atoms with E-state index >= 15 is 0 Å². The van der Waals surface area contributed by atoms with Crippen LogP contribution in [0.3, 0.4) is 0 Å². The number of hydrogen-bond acceptors (Lipinski definition) is 4. The van der Waals surface area contributed by atoms with Crippen LogP contribution in [0, 0.1) is 5.92 Å².